The third-order valence-corrected chi connectivity index (χ3v) is 12.5. The molecule has 34 heavy (non-hydrogen) atoms. The standard InChI is InChI=1S/C15H36O16Si3/c1-16-11-13-18-20-22-24-26-28-29-27-25-23-21-19-14-12-17-10-9-15-34(8,30-32(2,3)4)31-33(5,6)7/h11,13H,9-10,12,14-15H2,1-8H3/b13-11-. The largest absolute Gasteiger partial charge is 0.501 e. The Morgan fingerprint density at radius 3 is 1.56 bits per heavy atom. The van der Waals surface area contributed by atoms with E-state index in [4.69, 9.17) is 13.0 Å². The number of hydrogen-bond donors (Lipinski definition) is 0. The highest BCUT2D eigenvalue weighted by Crippen LogP contribution is 2.25. The Kier molecular flexibility index (Phi) is 19.3. The van der Waals surface area contributed by atoms with Crippen LogP contribution >= 0.6 is 0 Å². The Morgan fingerprint density at radius 2 is 1.06 bits per heavy atom. The molecule has 0 atom stereocenters. The maximum Gasteiger partial charge on any atom is 0.314 e. The molecule has 19 heteroatoms. The van der Waals surface area contributed by atoms with Crippen molar-refractivity contribution in [3.8, 4) is 0 Å². The Morgan fingerprint density at radius 1 is 0.559 bits per heavy atom. The van der Waals surface area contributed by atoms with Gasteiger partial charge < -0.3 is 22.6 Å². The van der Waals surface area contributed by atoms with Crippen molar-refractivity contribution in [3.63, 3.8) is 0 Å². The van der Waals surface area contributed by atoms with Crippen molar-refractivity contribution in [3.05, 3.63) is 12.5 Å². The third-order valence-electron chi connectivity index (χ3n) is 2.86. The monoisotopic (exact) mass is 556 g/mol. The Bertz CT molecular complexity index is 485. The van der Waals surface area contributed by atoms with E-state index in [0.29, 0.717) is 6.61 Å². The van der Waals surface area contributed by atoms with E-state index in [1.54, 1.807) is 0 Å². The van der Waals surface area contributed by atoms with Crippen LogP contribution in [0.15, 0.2) is 12.5 Å². The molecule has 0 saturated carbocycles. The molecule has 204 valence electrons. The van der Waals surface area contributed by atoms with Gasteiger partial charge in [-0.15, -0.1) is 0 Å². The van der Waals surface area contributed by atoms with Crippen LogP contribution in [-0.4, -0.2) is 52.1 Å². The first kappa shape index (κ1) is 33.4. The van der Waals surface area contributed by atoms with Crippen LogP contribution in [0.2, 0.25) is 51.9 Å². The highest BCUT2D eigenvalue weighted by molar-refractivity contribution is 6.87. The molecular formula is C15H36O16Si3. The van der Waals surface area contributed by atoms with Crippen LogP contribution in [0, 0.1) is 0 Å². The van der Waals surface area contributed by atoms with Gasteiger partial charge in [-0.3, -0.25) is 0 Å². The van der Waals surface area contributed by atoms with E-state index in [1.807, 2.05) is 0 Å². The zero-order chi connectivity index (χ0) is 25.8. The summed E-state index contributed by atoms with van der Waals surface area (Å²) in [5.41, 5.74) is 0. The summed E-state index contributed by atoms with van der Waals surface area (Å²) in [5.74, 6) is 0. The zero-order valence-corrected chi connectivity index (χ0v) is 23.7. The number of ether oxygens (including phenoxy) is 2. The van der Waals surface area contributed by atoms with E-state index in [1.165, 1.54) is 7.11 Å². The second-order valence-corrected chi connectivity index (χ2v) is 21.2. The van der Waals surface area contributed by atoms with Gasteiger partial charge in [0.05, 0.1) is 13.7 Å². The van der Waals surface area contributed by atoms with Crippen LogP contribution in [0.1, 0.15) is 6.42 Å². The predicted molar refractivity (Wildman–Crippen MR) is 115 cm³/mol. The molecule has 0 radical (unpaired) electrons. The van der Waals surface area contributed by atoms with Gasteiger partial charge in [-0.1, -0.05) is 0 Å². The lowest BCUT2D eigenvalue weighted by molar-refractivity contribution is -0.862. The molecule has 0 N–H and O–H groups in total. The van der Waals surface area contributed by atoms with Crippen LogP contribution in [0.3, 0.4) is 0 Å². The van der Waals surface area contributed by atoms with Crippen LogP contribution in [-0.2, 0) is 77.9 Å². The number of rotatable bonds is 24. The first-order valence-corrected chi connectivity index (χ1v) is 19.4. The molecule has 0 aliphatic rings. The van der Waals surface area contributed by atoms with Crippen LogP contribution < -0.4 is 0 Å². The number of hydrogen-bond acceptors (Lipinski definition) is 16. The van der Waals surface area contributed by atoms with Crippen LogP contribution in [0.5, 0.6) is 0 Å². The SMILES string of the molecule is CO/C=C\OOOOOOOOOOOOCCOCCC[Si](C)(O[Si](C)(C)C)O[Si](C)(C)C. The van der Waals surface area contributed by atoms with Crippen LogP contribution in [0.25, 0.3) is 0 Å². The fourth-order valence-electron chi connectivity index (χ4n) is 2.37. The van der Waals surface area contributed by atoms with Gasteiger partial charge in [-0.2, -0.15) is 0 Å². The summed E-state index contributed by atoms with van der Waals surface area (Å²) in [6, 6.07) is 0.850. The Labute approximate surface area is 201 Å². The second kappa shape index (κ2) is 19.6. The van der Waals surface area contributed by atoms with Crippen molar-refractivity contribution < 1.29 is 77.9 Å². The lowest BCUT2D eigenvalue weighted by atomic mass is 10.5. The lowest BCUT2D eigenvalue weighted by Crippen LogP contribution is -2.52. The van der Waals surface area contributed by atoms with Gasteiger partial charge in [0.15, 0.2) is 22.9 Å². The normalized spacial score (nSPS) is 13.1. The van der Waals surface area contributed by atoms with E-state index >= 15 is 0 Å². The van der Waals surface area contributed by atoms with E-state index in [-0.39, 0.29) is 13.2 Å². The molecule has 0 heterocycles. The molecule has 0 bridgehead atoms. The highest BCUT2D eigenvalue weighted by Gasteiger charge is 2.39. The molecule has 0 aliphatic heterocycles. The molecule has 0 amide bonds. The summed E-state index contributed by atoms with van der Waals surface area (Å²) >= 11 is 0. The first-order valence-electron chi connectivity index (χ1n) is 10.1. The molecule has 0 spiro atoms. The van der Waals surface area contributed by atoms with Crippen molar-refractivity contribution in [1.29, 1.82) is 0 Å². The predicted octanol–water partition coefficient (Wildman–Crippen LogP) is 3.55. The average Bonchev–Trinajstić information content (AvgIpc) is 2.69. The van der Waals surface area contributed by atoms with E-state index in [9.17, 15) is 0 Å². The van der Waals surface area contributed by atoms with Gasteiger partial charge in [0, 0.05) is 31.8 Å². The topological polar surface area (TPSA) is 148 Å². The summed E-state index contributed by atoms with van der Waals surface area (Å²) in [5, 5.41) is 38.5. The van der Waals surface area contributed by atoms with Gasteiger partial charge in [0.25, 0.3) is 0 Å². The van der Waals surface area contributed by atoms with Crippen LogP contribution in [0.4, 0.5) is 0 Å². The average molecular weight is 557 g/mol. The zero-order valence-electron chi connectivity index (χ0n) is 20.7. The van der Waals surface area contributed by atoms with E-state index in [2.05, 4.69) is 111 Å². The Balaban J connectivity index is 3.55. The smallest absolute Gasteiger partial charge is 0.314 e. The molecule has 0 aliphatic carbocycles. The van der Waals surface area contributed by atoms with Gasteiger partial charge in [0.2, 0.25) is 0 Å². The summed E-state index contributed by atoms with van der Waals surface area (Å²) in [6.07, 6.45) is 2.93. The molecule has 0 unspecified atom stereocenters. The molecule has 0 saturated heterocycles. The maximum atomic E-state index is 6.43. The van der Waals surface area contributed by atoms with E-state index < -0.39 is 25.2 Å². The molecule has 0 rings (SSSR count). The maximum absolute atomic E-state index is 6.43. The molecule has 0 fully saturated rings. The minimum absolute atomic E-state index is 0.0577. The molecule has 16 nitrogen and oxygen atoms in total. The van der Waals surface area contributed by atoms with Gasteiger partial charge in [0.1, 0.15) is 12.9 Å². The number of methoxy groups -OCH3 is 1. The van der Waals surface area contributed by atoms with Gasteiger partial charge in [-0.25, -0.2) is 4.89 Å². The fraction of sp³-hybridized carbons (Fsp3) is 0.867. The molecule has 0 aromatic heterocycles. The van der Waals surface area contributed by atoms with Gasteiger partial charge in [-0.05, 0) is 83.5 Å². The first-order chi connectivity index (χ1) is 16.0. The highest BCUT2D eigenvalue weighted by atomic mass is 28.5. The van der Waals surface area contributed by atoms with Crippen molar-refractivity contribution in [1.82, 2.24) is 0 Å². The van der Waals surface area contributed by atoms with Crippen molar-refractivity contribution in [2.24, 2.45) is 0 Å². The fourth-order valence-corrected chi connectivity index (χ4v) is 14.9. The van der Waals surface area contributed by atoms with E-state index in [0.717, 1.165) is 25.0 Å². The summed E-state index contributed by atoms with van der Waals surface area (Å²) in [7, 11) is -4.30. The van der Waals surface area contributed by atoms with Crippen molar-refractivity contribution >= 4 is 25.2 Å². The summed E-state index contributed by atoms with van der Waals surface area (Å²) < 4.78 is 22.8. The quantitative estimate of drug-likeness (QED) is 0.0560. The van der Waals surface area contributed by atoms with Crippen molar-refractivity contribution in [2.45, 2.75) is 58.3 Å². The summed E-state index contributed by atoms with van der Waals surface area (Å²) in [4.78, 5) is 8.80. The minimum atomic E-state index is -2.26. The second-order valence-electron chi connectivity index (χ2n) is 8.39. The van der Waals surface area contributed by atoms with Gasteiger partial charge >= 0.3 is 8.56 Å². The molecule has 0 aromatic carbocycles. The lowest BCUT2D eigenvalue weighted by Gasteiger charge is -2.38. The van der Waals surface area contributed by atoms with Crippen molar-refractivity contribution in [2.75, 3.05) is 26.9 Å². The summed E-state index contributed by atoms with van der Waals surface area (Å²) in [6.45, 7) is 16.0. The Hall–Kier alpha value is -0.569. The minimum Gasteiger partial charge on any atom is -0.501 e. The molecule has 0 aromatic rings. The molecular weight excluding hydrogens is 520 g/mol. The third kappa shape index (κ3) is 24.6.